The highest BCUT2D eigenvalue weighted by Crippen LogP contribution is 2.63. The van der Waals surface area contributed by atoms with Crippen LogP contribution in [0.25, 0.3) is 0 Å². The van der Waals surface area contributed by atoms with E-state index in [9.17, 15) is 4.79 Å². The lowest BCUT2D eigenvalue weighted by molar-refractivity contribution is -0.118. The molecule has 1 N–H and O–H groups in total. The van der Waals surface area contributed by atoms with Gasteiger partial charge in [-0.15, -0.1) is 11.8 Å². The molecular formula is C23H22Cl2NOPS. The van der Waals surface area contributed by atoms with E-state index >= 15 is 0 Å². The van der Waals surface area contributed by atoms with Crippen molar-refractivity contribution >= 4 is 52.4 Å². The van der Waals surface area contributed by atoms with Crippen molar-refractivity contribution in [3.05, 3.63) is 101 Å². The van der Waals surface area contributed by atoms with E-state index in [0.717, 1.165) is 21.4 Å². The molecule has 0 fully saturated rings. The van der Waals surface area contributed by atoms with Crippen molar-refractivity contribution in [2.45, 2.75) is 6.92 Å². The molecule has 0 aromatic heterocycles. The Hall–Kier alpha value is -1.77. The molecule has 0 atom stereocenters. The Kier molecular flexibility index (Phi) is 8.79. The first-order valence-corrected chi connectivity index (χ1v) is 12.3. The molecule has 0 radical (unpaired) electrons. The first kappa shape index (κ1) is 23.5. The van der Waals surface area contributed by atoms with E-state index in [1.54, 1.807) is 0 Å². The van der Waals surface area contributed by atoms with Crippen LogP contribution in [-0.2, 0) is 4.79 Å². The fourth-order valence-corrected chi connectivity index (χ4v) is 8.79. The summed E-state index contributed by atoms with van der Waals surface area (Å²) in [6.07, 6.45) is 1.93. The summed E-state index contributed by atoms with van der Waals surface area (Å²) >= 11 is 8.21. The van der Waals surface area contributed by atoms with Crippen LogP contribution < -0.4 is 33.6 Å². The predicted octanol–water partition coefficient (Wildman–Crippen LogP) is 1.85. The topological polar surface area (TPSA) is 29.1 Å². The zero-order valence-electron chi connectivity index (χ0n) is 16.2. The van der Waals surface area contributed by atoms with E-state index in [2.05, 4.69) is 41.7 Å². The normalized spacial score (nSPS) is 11.8. The van der Waals surface area contributed by atoms with Crippen LogP contribution in [0.3, 0.4) is 0 Å². The highest BCUT2D eigenvalue weighted by molar-refractivity contribution is 8.05. The number of carbonyl (C=O) groups is 1. The van der Waals surface area contributed by atoms with Gasteiger partial charge in [-0.2, -0.15) is 0 Å². The lowest BCUT2D eigenvalue weighted by Crippen LogP contribution is -3.00. The van der Waals surface area contributed by atoms with Crippen molar-refractivity contribution in [1.29, 1.82) is 0 Å². The smallest absolute Gasteiger partial charge is 0.223 e. The summed E-state index contributed by atoms with van der Waals surface area (Å²) in [6.45, 7) is 1.53. The third-order valence-electron chi connectivity index (χ3n) is 4.43. The minimum absolute atomic E-state index is 0. The van der Waals surface area contributed by atoms with E-state index < -0.39 is 7.26 Å². The molecule has 3 aromatic rings. The van der Waals surface area contributed by atoms with Gasteiger partial charge in [-0.05, 0) is 42.7 Å². The number of hydrogen-bond donors (Lipinski definition) is 1. The minimum Gasteiger partial charge on any atom is -1.00 e. The number of halogens is 2. The van der Waals surface area contributed by atoms with Gasteiger partial charge in [0.25, 0.3) is 0 Å². The molecule has 29 heavy (non-hydrogen) atoms. The van der Waals surface area contributed by atoms with Gasteiger partial charge >= 0.3 is 0 Å². The largest absolute Gasteiger partial charge is 1.00 e. The maximum Gasteiger partial charge on any atom is 0.223 e. The molecule has 0 unspecified atom stereocenters. The lowest BCUT2D eigenvalue weighted by atomic mass is 10.4. The molecule has 0 heterocycles. The molecule has 0 aliphatic carbocycles. The third kappa shape index (κ3) is 4.87. The quantitative estimate of drug-likeness (QED) is 0.567. The summed E-state index contributed by atoms with van der Waals surface area (Å²) in [6, 6.07) is 31.0. The van der Waals surface area contributed by atoms with Crippen molar-refractivity contribution in [3.8, 4) is 0 Å². The first-order chi connectivity index (χ1) is 13.6. The van der Waals surface area contributed by atoms with Gasteiger partial charge in [-0.25, -0.2) is 0 Å². The second-order valence-electron chi connectivity index (χ2n) is 6.19. The van der Waals surface area contributed by atoms with Gasteiger partial charge in [-0.1, -0.05) is 66.2 Å². The van der Waals surface area contributed by atoms with Gasteiger partial charge in [0.1, 0.15) is 20.3 Å². The maximum atomic E-state index is 12.2. The Morgan fingerprint density at radius 3 is 1.41 bits per heavy atom. The summed E-state index contributed by atoms with van der Waals surface area (Å²) in [4.78, 5) is 12.2. The summed E-state index contributed by atoms with van der Waals surface area (Å²) < 4.78 is 0.597. The van der Waals surface area contributed by atoms with Gasteiger partial charge in [-0.3, -0.25) is 10.1 Å². The molecule has 6 heteroatoms. The number of hydrogen-bond acceptors (Lipinski definition) is 2. The summed E-state index contributed by atoms with van der Waals surface area (Å²) in [5.41, 5.74) is 0.776. The zero-order valence-corrected chi connectivity index (χ0v) is 19.4. The Labute approximate surface area is 188 Å². The first-order valence-electron chi connectivity index (χ1n) is 8.88. The Bertz CT molecular complexity index is 869. The van der Waals surface area contributed by atoms with Crippen molar-refractivity contribution in [2.75, 3.05) is 6.26 Å². The number of nitrogens with one attached hydrogen (secondary N) is 1. The number of amides is 1. The van der Waals surface area contributed by atoms with Crippen LogP contribution in [0.15, 0.2) is 101 Å². The van der Waals surface area contributed by atoms with Gasteiger partial charge < -0.3 is 12.4 Å². The lowest BCUT2D eigenvalue weighted by Gasteiger charge is -2.29. The molecule has 2 nitrogen and oxygen atoms in total. The van der Waals surface area contributed by atoms with Crippen molar-refractivity contribution in [3.63, 3.8) is 0 Å². The fraction of sp³-hybridized carbons (Fsp3) is 0.0870. The van der Waals surface area contributed by atoms with E-state index in [0.29, 0.717) is 4.36 Å². The average Bonchev–Trinajstić information content (AvgIpc) is 2.75. The van der Waals surface area contributed by atoms with E-state index in [4.69, 9.17) is 11.6 Å². The van der Waals surface area contributed by atoms with Crippen LogP contribution in [0.2, 0.25) is 0 Å². The Morgan fingerprint density at radius 2 is 1.14 bits per heavy atom. The number of thioether (sulfide) groups is 1. The molecule has 150 valence electrons. The number of rotatable bonds is 6. The Morgan fingerprint density at radius 1 is 0.793 bits per heavy atom. The van der Waals surface area contributed by atoms with E-state index in [1.165, 1.54) is 18.7 Å². The molecule has 0 aliphatic rings. The Balaban J connectivity index is 0.00000300. The predicted molar refractivity (Wildman–Crippen MR) is 125 cm³/mol. The summed E-state index contributed by atoms with van der Waals surface area (Å²) in [5, 5.41) is 6.53. The molecule has 3 rings (SSSR count). The van der Waals surface area contributed by atoms with Gasteiger partial charge in [0, 0.05) is 6.92 Å². The van der Waals surface area contributed by atoms with Crippen LogP contribution in [-0.4, -0.2) is 12.2 Å². The highest BCUT2D eigenvalue weighted by Gasteiger charge is 2.51. The standard InChI is InChI=1S/C23H21ClNOPS.ClH/c1-18(26)25-23(22(24)28-2)27(19-12-6-3-7-13-19,20-14-8-4-9-15-20)21-16-10-5-11-17-21;/h3-17H,1-2H3;1H/b23-22+;. The van der Waals surface area contributed by atoms with Crippen LogP contribution in [0.1, 0.15) is 6.92 Å². The maximum absolute atomic E-state index is 12.2. The molecule has 0 saturated carbocycles. The van der Waals surface area contributed by atoms with Gasteiger partial charge in [0.2, 0.25) is 11.3 Å². The summed E-state index contributed by atoms with van der Waals surface area (Å²) in [5.74, 6) is -0.130. The second kappa shape index (κ2) is 10.8. The molecule has 0 saturated heterocycles. The van der Waals surface area contributed by atoms with Crippen LogP contribution in [0, 0.1) is 0 Å². The molecule has 3 aromatic carbocycles. The third-order valence-corrected chi connectivity index (χ3v) is 10.1. The zero-order chi connectivity index (χ0) is 20.0. The second-order valence-corrected chi connectivity index (χ2v) is 10.9. The molecule has 0 aliphatic heterocycles. The summed E-state index contributed by atoms with van der Waals surface area (Å²) in [7, 11) is -2.40. The van der Waals surface area contributed by atoms with Crippen LogP contribution in [0.4, 0.5) is 0 Å². The monoisotopic (exact) mass is 461 g/mol. The van der Waals surface area contributed by atoms with Crippen molar-refractivity contribution < 1.29 is 17.2 Å². The van der Waals surface area contributed by atoms with Gasteiger partial charge in [0.15, 0.2) is 7.26 Å². The molecule has 0 bridgehead atoms. The molecule has 0 spiro atoms. The van der Waals surface area contributed by atoms with Crippen molar-refractivity contribution in [1.82, 2.24) is 5.32 Å². The van der Waals surface area contributed by atoms with Crippen molar-refractivity contribution in [2.24, 2.45) is 0 Å². The van der Waals surface area contributed by atoms with Crippen LogP contribution in [0.5, 0.6) is 0 Å². The fourth-order valence-electron chi connectivity index (χ4n) is 3.32. The minimum atomic E-state index is -2.40. The number of benzene rings is 3. The van der Waals surface area contributed by atoms with Gasteiger partial charge in [0.05, 0.1) is 0 Å². The van der Waals surface area contributed by atoms with E-state index in [1.807, 2.05) is 60.9 Å². The average molecular weight is 462 g/mol. The van der Waals surface area contributed by atoms with Crippen LogP contribution >= 0.6 is 30.6 Å². The molecule has 1 amide bonds. The molecular weight excluding hydrogens is 440 g/mol. The van der Waals surface area contributed by atoms with E-state index in [-0.39, 0.29) is 18.3 Å². The highest BCUT2D eigenvalue weighted by atomic mass is 35.5. The number of carbonyl (C=O) groups excluding carboxylic acids is 1. The SMILES string of the molecule is CS/C(Cl)=C(\NC(C)=O)[P+](c1ccccc1)(c1ccccc1)c1ccccc1.[Cl-].